The van der Waals surface area contributed by atoms with Gasteiger partial charge >= 0.3 is 0 Å². The van der Waals surface area contributed by atoms with Crippen LogP contribution in [0.1, 0.15) is 0 Å². The van der Waals surface area contributed by atoms with E-state index in [2.05, 4.69) is 35.5 Å². The molecule has 0 unspecified atom stereocenters. The summed E-state index contributed by atoms with van der Waals surface area (Å²) in [5, 5.41) is 19.8. The molecule has 0 saturated carbocycles. The molecule has 0 spiro atoms. The van der Waals surface area contributed by atoms with Gasteiger partial charge in [0.05, 0.1) is 23.5 Å². The highest BCUT2D eigenvalue weighted by Crippen LogP contribution is 2.29. The van der Waals surface area contributed by atoms with Crippen LogP contribution in [0.25, 0.3) is 22.6 Å². The van der Waals surface area contributed by atoms with Crippen LogP contribution < -0.4 is 10.1 Å². The van der Waals surface area contributed by atoms with Crippen molar-refractivity contribution < 1.29 is 19.0 Å². The molecule has 1 aliphatic heterocycles. The number of carbonyl (C=O) groups excluding carboxylic acids is 1. The summed E-state index contributed by atoms with van der Waals surface area (Å²) in [7, 11) is 0. The minimum Gasteiger partial charge on any atom is -0.462 e. The largest absolute Gasteiger partial charge is 0.462 e. The topological polar surface area (TPSA) is 142 Å². The molecule has 5 heterocycles. The summed E-state index contributed by atoms with van der Waals surface area (Å²) in [6.45, 7) is 0.983. The number of pyridine rings is 2. The van der Waals surface area contributed by atoms with Crippen molar-refractivity contribution >= 4 is 34.4 Å². The number of hydrogen-bond acceptors (Lipinski definition) is 9. The number of nitrogens with one attached hydrogen (secondary N) is 2. The zero-order chi connectivity index (χ0) is 23.7. The number of H-pyrrole nitrogens is 1. The first-order valence-electron chi connectivity index (χ1n) is 10.3. The Hall–Kier alpha value is -3.74. The molecular weight excluding hydrogens is 467 g/mol. The van der Waals surface area contributed by atoms with Crippen LogP contribution in [0.2, 0.25) is 5.02 Å². The highest BCUT2D eigenvalue weighted by molar-refractivity contribution is 6.32. The van der Waals surface area contributed by atoms with Gasteiger partial charge in [0.25, 0.3) is 5.91 Å². The first kappa shape index (κ1) is 22.1. The molecule has 11 nitrogen and oxygen atoms in total. The fourth-order valence-corrected chi connectivity index (χ4v) is 3.65. The zero-order valence-electron chi connectivity index (χ0n) is 17.5. The van der Waals surface area contributed by atoms with E-state index in [9.17, 15) is 14.3 Å². The van der Waals surface area contributed by atoms with Gasteiger partial charge in [-0.1, -0.05) is 11.6 Å². The number of amides is 1. The number of likely N-dealkylation sites (tertiary alicyclic amines) is 1. The van der Waals surface area contributed by atoms with E-state index in [-0.39, 0.29) is 24.1 Å². The number of halogens is 2. The van der Waals surface area contributed by atoms with Crippen molar-refractivity contribution in [1.82, 2.24) is 35.0 Å². The summed E-state index contributed by atoms with van der Waals surface area (Å²) in [6.07, 6.45) is 2.54. The number of aliphatic hydroxyl groups is 1. The number of aromatic nitrogens is 6. The van der Waals surface area contributed by atoms with Gasteiger partial charge in [0.2, 0.25) is 5.88 Å². The van der Waals surface area contributed by atoms with Gasteiger partial charge in [0.1, 0.15) is 22.7 Å². The average Bonchev–Trinajstić information content (AvgIpc) is 3.28. The Labute approximate surface area is 197 Å². The van der Waals surface area contributed by atoms with Crippen LogP contribution in [0.15, 0.2) is 42.9 Å². The summed E-state index contributed by atoms with van der Waals surface area (Å²) in [4.78, 5) is 31.9. The number of anilines is 1. The Morgan fingerprint density at radius 3 is 2.88 bits per heavy atom. The van der Waals surface area contributed by atoms with E-state index in [4.69, 9.17) is 16.3 Å². The summed E-state index contributed by atoms with van der Waals surface area (Å²) in [5.41, 5.74) is 0.716. The smallest absolute Gasteiger partial charge is 0.268 e. The molecule has 1 atom stereocenters. The van der Waals surface area contributed by atoms with Gasteiger partial charge in [-0.25, -0.2) is 14.4 Å². The minimum atomic E-state index is -1.04. The Balaban J connectivity index is 1.46. The number of aromatic amines is 1. The highest BCUT2D eigenvalue weighted by Gasteiger charge is 2.32. The number of rotatable bonds is 7. The van der Waals surface area contributed by atoms with Crippen molar-refractivity contribution in [3.8, 4) is 17.4 Å². The fourth-order valence-electron chi connectivity index (χ4n) is 3.45. The molecule has 1 saturated heterocycles. The van der Waals surface area contributed by atoms with Crippen molar-refractivity contribution in [3.63, 3.8) is 0 Å². The predicted molar refractivity (Wildman–Crippen MR) is 120 cm³/mol. The molecule has 13 heteroatoms. The standard InChI is InChI=1S/C21H18ClFN8O3/c22-14-2-1-5-24-17(14)19-28-18-13(7-26-30-18)21(29-19)34-15(10-31-8-12(32)9-31)20(33)27-16-4-3-11(23)6-25-16/h1-7,12,15,32H,8-10H2,(H,25,27,33)(H,26,28,29,30)/t15-/m0/s1. The van der Waals surface area contributed by atoms with Gasteiger partial charge in [0.15, 0.2) is 17.6 Å². The molecule has 4 aromatic rings. The summed E-state index contributed by atoms with van der Waals surface area (Å²) >= 11 is 6.27. The van der Waals surface area contributed by atoms with Crippen molar-refractivity contribution in [2.45, 2.75) is 12.2 Å². The van der Waals surface area contributed by atoms with E-state index in [1.165, 1.54) is 18.3 Å². The van der Waals surface area contributed by atoms with Gasteiger partial charge in [-0.2, -0.15) is 10.1 Å². The van der Waals surface area contributed by atoms with E-state index < -0.39 is 23.9 Å². The van der Waals surface area contributed by atoms with Gasteiger partial charge in [-0.3, -0.25) is 19.8 Å². The Bertz CT molecular complexity index is 1330. The van der Waals surface area contributed by atoms with E-state index in [1.807, 2.05) is 4.90 Å². The summed E-state index contributed by atoms with van der Waals surface area (Å²) in [5.74, 6) is -0.585. The van der Waals surface area contributed by atoms with Gasteiger partial charge in [0, 0.05) is 25.8 Å². The molecule has 174 valence electrons. The van der Waals surface area contributed by atoms with Gasteiger partial charge in [-0.15, -0.1) is 0 Å². The van der Waals surface area contributed by atoms with Crippen molar-refractivity contribution in [3.05, 3.63) is 53.7 Å². The molecule has 0 bridgehead atoms. The maximum absolute atomic E-state index is 13.2. The predicted octanol–water partition coefficient (Wildman–Crippen LogP) is 1.66. The molecule has 4 aromatic heterocycles. The zero-order valence-corrected chi connectivity index (χ0v) is 18.3. The van der Waals surface area contributed by atoms with Crippen LogP contribution >= 0.6 is 11.6 Å². The van der Waals surface area contributed by atoms with E-state index >= 15 is 0 Å². The highest BCUT2D eigenvalue weighted by atomic mass is 35.5. The van der Waals surface area contributed by atoms with E-state index in [0.717, 1.165) is 6.20 Å². The third-order valence-corrected chi connectivity index (χ3v) is 5.44. The molecule has 1 fully saturated rings. The summed E-state index contributed by atoms with van der Waals surface area (Å²) in [6, 6.07) is 5.87. The fraction of sp³-hybridized carbons (Fsp3) is 0.238. The molecule has 34 heavy (non-hydrogen) atoms. The van der Waals surface area contributed by atoms with Crippen LogP contribution in [0.3, 0.4) is 0 Å². The van der Waals surface area contributed by atoms with Crippen LogP contribution in [-0.2, 0) is 4.79 Å². The SMILES string of the molecule is O=C(Nc1ccc(F)cn1)[C@H](CN1CC(O)C1)Oc1nc(-c2ncccc2Cl)nc2[nH]ncc12. The molecular formula is C21H18ClFN8O3. The lowest BCUT2D eigenvalue weighted by molar-refractivity contribution is -0.125. The molecule has 1 aliphatic rings. The van der Waals surface area contributed by atoms with Crippen molar-refractivity contribution in [1.29, 1.82) is 0 Å². The number of carbonyl (C=O) groups is 1. The van der Waals surface area contributed by atoms with Crippen LogP contribution in [0.4, 0.5) is 10.2 Å². The molecule has 0 aromatic carbocycles. The number of β-amino-alcohol motifs (C(OH)–C–C–N with tert-alkyl or cyclic N) is 1. The first-order chi connectivity index (χ1) is 16.5. The lowest BCUT2D eigenvalue weighted by atomic mass is 10.1. The second kappa shape index (κ2) is 9.25. The second-order valence-corrected chi connectivity index (χ2v) is 8.06. The summed E-state index contributed by atoms with van der Waals surface area (Å²) < 4.78 is 19.3. The quantitative estimate of drug-likeness (QED) is 0.357. The molecule has 0 aliphatic carbocycles. The average molecular weight is 485 g/mol. The van der Waals surface area contributed by atoms with E-state index in [0.29, 0.717) is 34.8 Å². The lowest BCUT2D eigenvalue weighted by Gasteiger charge is -2.37. The molecule has 1 amide bonds. The molecule has 0 radical (unpaired) electrons. The maximum atomic E-state index is 13.2. The molecule has 5 rings (SSSR count). The normalized spacial score (nSPS) is 15.1. The Morgan fingerprint density at radius 2 is 2.15 bits per heavy atom. The Kier molecular flexibility index (Phi) is 6.01. The number of nitrogens with zero attached hydrogens (tertiary/aromatic N) is 6. The Morgan fingerprint density at radius 1 is 1.29 bits per heavy atom. The number of fused-ring (bicyclic) bond motifs is 1. The number of hydrogen-bond donors (Lipinski definition) is 3. The van der Waals surface area contributed by atoms with Gasteiger partial charge < -0.3 is 15.2 Å². The molecule has 3 N–H and O–H groups in total. The first-order valence-corrected chi connectivity index (χ1v) is 10.7. The number of ether oxygens (including phenoxy) is 1. The van der Waals surface area contributed by atoms with Gasteiger partial charge in [-0.05, 0) is 24.3 Å². The lowest BCUT2D eigenvalue weighted by Crippen LogP contribution is -2.55. The minimum absolute atomic E-state index is 0.101. The third-order valence-electron chi connectivity index (χ3n) is 5.13. The third kappa shape index (κ3) is 4.64. The van der Waals surface area contributed by atoms with Crippen LogP contribution in [0.5, 0.6) is 5.88 Å². The van der Waals surface area contributed by atoms with E-state index in [1.54, 1.807) is 18.3 Å². The maximum Gasteiger partial charge on any atom is 0.268 e. The van der Waals surface area contributed by atoms with Crippen LogP contribution in [-0.4, -0.2) is 77.9 Å². The number of aliphatic hydroxyl groups excluding tert-OH is 1. The van der Waals surface area contributed by atoms with Crippen molar-refractivity contribution in [2.24, 2.45) is 0 Å². The second-order valence-electron chi connectivity index (χ2n) is 7.65. The monoisotopic (exact) mass is 484 g/mol. The van der Waals surface area contributed by atoms with Crippen molar-refractivity contribution in [2.75, 3.05) is 25.0 Å². The van der Waals surface area contributed by atoms with Crippen LogP contribution in [0, 0.1) is 5.82 Å².